The van der Waals surface area contributed by atoms with Crippen LogP contribution in [-0.2, 0) is 9.59 Å². The third-order valence-electron chi connectivity index (χ3n) is 6.62. The van der Waals surface area contributed by atoms with Crippen LogP contribution in [0.15, 0.2) is 0 Å². The van der Waals surface area contributed by atoms with Gasteiger partial charge in [-0.1, -0.05) is 25.7 Å². The molecule has 2 aliphatic carbocycles. The van der Waals surface area contributed by atoms with Gasteiger partial charge in [0.1, 0.15) is 0 Å². The molecule has 2 amide bonds. The Kier molecular flexibility index (Phi) is 6.92. The van der Waals surface area contributed by atoms with Crippen LogP contribution in [0.5, 0.6) is 0 Å². The van der Waals surface area contributed by atoms with Crippen LogP contribution in [0, 0.1) is 5.92 Å². The summed E-state index contributed by atoms with van der Waals surface area (Å²) in [4.78, 5) is 31.5. The fourth-order valence-electron chi connectivity index (χ4n) is 4.81. The van der Waals surface area contributed by atoms with Crippen LogP contribution in [-0.4, -0.2) is 78.4 Å². The number of hydrogen-bond acceptors (Lipinski definition) is 4. The zero-order valence-electron chi connectivity index (χ0n) is 16.4. The molecule has 3 fully saturated rings. The highest BCUT2D eigenvalue weighted by atomic mass is 16.2. The number of rotatable bonds is 4. The van der Waals surface area contributed by atoms with E-state index < -0.39 is 0 Å². The molecule has 3 rings (SSSR count). The predicted octanol–water partition coefficient (Wildman–Crippen LogP) is 1.44. The number of carbonyl (C=O) groups excluding carboxylic acids is 2. The van der Waals surface area contributed by atoms with Crippen molar-refractivity contribution in [1.82, 2.24) is 14.7 Å². The van der Waals surface area contributed by atoms with Crippen molar-refractivity contribution in [2.24, 2.45) is 11.7 Å². The second kappa shape index (κ2) is 9.18. The zero-order valence-corrected chi connectivity index (χ0v) is 16.4. The summed E-state index contributed by atoms with van der Waals surface area (Å²) in [6.07, 6.45) is 10.0. The lowest BCUT2D eigenvalue weighted by Crippen LogP contribution is -2.53. The van der Waals surface area contributed by atoms with Gasteiger partial charge in [0, 0.05) is 51.2 Å². The number of piperazine rings is 1. The van der Waals surface area contributed by atoms with Gasteiger partial charge in [0.15, 0.2) is 0 Å². The maximum Gasteiger partial charge on any atom is 0.236 e. The molecule has 3 aliphatic rings. The molecule has 1 aliphatic heterocycles. The van der Waals surface area contributed by atoms with E-state index in [1.807, 2.05) is 16.8 Å². The Labute approximate surface area is 158 Å². The fraction of sp³-hybridized carbons (Fsp3) is 0.900. The van der Waals surface area contributed by atoms with Crippen LogP contribution in [0.3, 0.4) is 0 Å². The molecule has 2 saturated carbocycles. The molecule has 6 heteroatoms. The summed E-state index contributed by atoms with van der Waals surface area (Å²) < 4.78 is 0. The highest BCUT2D eigenvalue weighted by Gasteiger charge is 2.31. The number of likely N-dealkylation sites (N-methyl/N-ethyl adjacent to an activating group) is 1. The van der Waals surface area contributed by atoms with E-state index in [1.165, 1.54) is 19.3 Å². The standard InChI is InChI=1S/C20H36N4O2/c1-22(18-8-3-2-4-9-18)19(25)15-23-10-12-24(13-11-23)20(26)16-6-5-7-17(21)14-16/h16-18H,2-15,21H2,1H3. The van der Waals surface area contributed by atoms with Crippen molar-refractivity contribution in [2.45, 2.75) is 69.9 Å². The summed E-state index contributed by atoms with van der Waals surface area (Å²) in [7, 11) is 1.96. The first-order valence-electron chi connectivity index (χ1n) is 10.6. The maximum absolute atomic E-state index is 12.7. The first kappa shape index (κ1) is 19.6. The van der Waals surface area contributed by atoms with Crippen molar-refractivity contribution in [3.05, 3.63) is 0 Å². The van der Waals surface area contributed by atoms with Gasteiger partial charge in [-0.2, -0.15) is 0 Å². The summed E-state index contributed by atoms with van der Waals surface area (Å²) in [5.41, 5.74) is 6.04. The number of nitrogens with zero attached hydrogens (tertiary/aromatic N) is 3. The van der Waals surface area contributed by atoms with Crippen LogP contribution >= 0.6 is 0 Å². The smallest absolute Gasteiger partial charge is 0.236 e. The van der Waals surface area contributed by atoms with Crippen molar-refractivity contribution in [3.63, 3.8) is 0 Å². The molecule has 26 heavy (non-hydrogen) atoms. The Morgan fingerprint density at radius 1 is 0.962 bits per heavy atom. The molecule has 0 bridgehead atoms. The van der Waals surface area contributed by atoms with E-state index in [1.54, 1.807) is 0 Å². The molecule has 0 spiro atoms. The van der Waals surface area contributed by atoms with Gasteiger partial charge in [-0.05, 0) is 32.1 Å². The second-order valence-corrected chi connectivity index (χ2v) is 8.52. The van der Waals surface area contributed by atoms with E-state index in [9.17, 15) is 9.59 Å². The molecule has 0 radical (unpaired) electrons. The molecular formula is C20H36N4O2. The average Bonchev–Trinajstić information content (AvgIpc) is 2.68. The van der Waals surface area contributed by atoms with Gasteiger partial charge in [-0.25, -0.2) is 0 Å². The first-order valence-corrected chi connectivity index (χ1v) is 10.6. The lowest BCUT2D eigenvalue weighted by Gasteiger charge is -2.38. The van der Waals surface area contributed by atoms with Crippen LogP contribution < -0.4 is 5.73 Å². The molecule has 1 saturated heterocycles. The lowest BCUT2D eigenvalue weighted by atomic mass is 9.85. The minimum absolute atomic E-state index is 0.115. The van der Waals surface area contributed by atoms with Gasteiger partial charge in [-0.3, -0.25) is 14.5 Å². The summed E-state index contributed by atoms with van der Waals surface area (Å²) in [5.74, 6) is 0.629. The number of amides is 2. The molecule has 2 N–H and O–H groups in total. The molecule has 6 nitrogen and oxygen atoms in total. The monoisotopic (exact) mass is 364 g/mol. The van der Waals surface area contributed by atoms with E-state index in [0.29, 0.717) is 12.6 Å². The van der Waals surface area contributed by atoms with Gasteiger partial charge in [0.05, 0.1) is 6.54 Å². The van der Waals surface area contributed by atoms with E-state index in [4.69, 9.17) is 5.73 Å². The molecule has 2 unspecified atom stereocenters. The van der Waals surface area contributed by atoms with Gasteiger partial charge in [0.25, 0.3) is 0 Å². The normalized spacial score (nSPS) is 28.8. The highest BCUT2D eigenvalue weighted by molar-refractivity contribution is 5.80. The van der Waals surface area contributed by atoms with E-state index in [-0.39, 0.29) is 23.8 Å². The Hall–Kier alpha value is -1.14. The topological polar surface area (TPSA) is 69.9 Å². The van der Waals surface area contributed by atoms with Gasteiger partial charge >= 0.3 is 0 Å². The second-order valence-electron chi connectivity index (χ2n) is 8.52. The van der Waals surface area contributed by atoms with Crippen molar-refractivity contribution in [1.29, 1.82) is 0 Å². The van der Waals surface area contributed by atoms with Gasteiger partial charge in [-0.15, -0.1) is 0 Å². The van der Waals surface area contributed by atoms with Crippen molar-refractivity contribution in [2.75, 3.05) is 39.8 Å². The summed E-state index contributed by atoms with van der Waals surface area (Å²) in [6, 6.07) is 0.613. The molecule has 0 aromatic carbocycles. The molecular weight excluding hydrogens is 328 g/mol. The van der Waals surface area contributed by atoms with E-state index in [2.05, 4.69) is 4.90 Å². The van der Waals surface area contributed by atoms with Crippen LogP contribution in [0.4, 0.5) is 0 Å². The average molecular weight is 365 g/mol. The number of hydrogen-bond donors (Lipinski definition) is 1. The third-order valence-corrected chi connectivity index (χ3v) is 6.62. The quantitative estimate of drug-likeness (QED) is 0.819. The van der Waals surface area contributed by atoms with Crippen LogP contribution in [0.2, 0.25) is 0 Å². The van der Waals surface area contributed by atoms with Crippen LogP contribution in [0.1, 0.15) is 57.8 Å². The SMILES string of the molecule is CN(C(=O)CN1CCN(C(=O)C2CCCC(N)C2)CC1)C1CCCCC1. The van der Waals surface area contributed by atoms with Crippen molar-refractivity contribution < 1.29 is 9.59 Å². The van der Waals surface area contributed by atoms with E-state index in [0.717, 1.165) is 64.7 Å². The van der Waals surface area contributed by atoms with Crippen LogP contribution in [0.25, 0.3) is 0 Å². The third kappa shape index (κ3) is 4.97. The summed E-state index contributed by atoms with van der Waals surface area (Å²) in [5, 5.41) is 0. The molecule has 0 aromatic rings. The highest BCUT2D eigenvalue weighted by Crippen LogP contribution is 2.25. The van der Waals surface area contributed by atoms with Crippen molar-refractivity contribution in [3.8, 4) is 0 Å². The largest absolute Gasteiger partial charge is 0.342 e. The lowest BCUT2D eigenvalue weighted by molar-refractivity contribution is -0.139. The maximum atomic E-state index is 12.7. The first-order chi connectivity index (χ1) is 12.5. The number of carbonyl (C=O) groups is 2. The molecule has 148 valence electrons. The number of nitrogens with two attached hydrogens (primary N) is 1. The van der Waals surface area contributed by atoms with Gasteiger partial charge in [0.2, 0.25) is 11.8 Å². The summed E-state index contributed by atoms with van der Waals surface area (Å²) >= 11 is 0. The minimum atomic E-state index is 0.115. The minimum Gasteiger partial charge on any atom is -0.342 e. The Balaban J connectivity index is 1.41. The Morgan fingerprint density at radius 3 is 2.31 bits per heavy atom. The molecule has 0 aromatic heterocycles. The van der Waals surface area contributed by atoms with Crippen molar-refractivity contribution >= 4 is 11.8 Å². The van der Waals surface area contributed by atoms with Gasteiger partial charge < -0.3 is 15.5 Å². The molecule has 2 atom stereocenters. The Bertz CT molecular complexity index is 484. The predicted molar refractivity (Wildman–Crippen MR) is 103 cm³/mol. The Morgan fingerprint density at radius 2 is 1.65 bits per heavy atom. The summed E-state index contributed by atoms with van der Waals surface area (Å²) in [6.45, 7) is 3.57. The molecule has 1 heterocycles. The van der Waals surface area contributed by atoms with E-state index >= 15 is 0 Å². The fourth-order valence-corrected chi connectivity index (χ4v) is 4.81. The zero-order chi connectivity index (χ0) is 18.5.